The van der Waals surface area contributed by atoms with Crippen LogP contribution in [0.4, 0.5) is 5.69 Å². The molecule has 0 aromatic heterocycles. The second-order valence-corrected chi connectivity index (χ2v) is 6.42. The van der Waals surface area contributed by atoms with Gasteiger partial charge in [-0.2, -0.15) is 5.26 Å². The van der Waals surface area contributed by atoms with Gasteiger partial charge < -0.3 is 10.1 Å². The zero-order valence-corrected chi connectivity index (χ0v) is 13.9. The number of nitriles is 1. The Hall–Kier alpha value is -1.18. The molecule has 1 N–H and O–H groups in total. The van der Waals surface area contributed by atoms with Crippen LogP contribution in [0.25, 0.3) is 0 Å². The third kappa shape index (κ3) is 3.53. The number of hydrogen-bond donors (Lipinski definition) is 1. The maximum atomic E-state index is 9.43. The van der Waals surface area contributed by atoms with Gasteiger partial charge in [-0.25, -0.2) is 0 Å². The predicted molar refractivity (Wildman–Crippen MR) is 88.8 cm³/mol. The molecule has 21 heavy (non-hydrogen) atoms. The smallest absolute Gasteiger partial charge is 0.102 e. The number of rotatable bonds is 5. The van der Waals surface area contributed by atoms with Crippen LogP contribution in [-0.4, -0.2) is 24.5 Å². The highest BCUT2D eigenvalue weighted by Gasteiger charge is 2.34. The van der Waals surface area contributed by atoms with E-state index in [1.807, 2.05) is 24.5 Å². The fraction of sp³-hybridized carbons (Fsp3) is 0.588. The van der Waals surface area contributed by atoms with Gasteiger partial charge in [-0.1, -0.05) is 19.9 Å². The number of ether oxygens (including phenoxy) is 1. The molecule has 1 heterocycles. The van der Waals surface area contributed by atoms with Gasteiger partial charge in [0.05, 0.1) is 16.9 Å². The van der Waals surface area contributed by atoms with Gasteiger partial charge in [0.25, 0.3) is 0 Å². The van der Waals surface area contributed by atoms with Gasteiger partial charge in [-0.3, -0.25) is 0 Å². The summed E-state index contributed by atoms with van der Waals surface area (Å²) in [6, 6.07) is 8.74. The normalized spacial score (nSPS) is 20.8. The van der Waals surface area contributed by atoms with E-state index in [4.69, 9.17) is 4.74 Å². The van der Waals surface area contributed by atoms with Crippen molar-refractivity contribution in [2.45, 2.75) is 56.1 Å². The van der Waals surface area contributed by atoms with Crippen molar-refractivity contribution in [2.75, 3.05) is 18.2 Å². The van der Waals surface area contributed by atoms with Crippen LogP contribution in [0, 0.1) is 11.3 Å². The molecule has 1 aromatic carbocycles. The van der Waals surface area contributed by atoms with E-state index in [1.165, 1.54) is 0 Å². The van der Waals surface area contributed by atoms with Gasteiger partial charge in [-0.05, 0) is 44.1 Å². The van der Waals surface area contributed by atoms with Gasteiger partial charge in [0.2, 0.25) is 0 Å². The second kappa shape index (κ2) is 7.20. The van der Waals surface area contributed by atoms with Gasteiger partial charge in [0.15, 0.2) is 0 Å². The van der Waals surface area contributed by atoms with Gasteiger partial charge in [0, 0.05) is 17.5 Å². The molecule has 0 saturated carbocycles. The summed E-state index contributed by atoms with van der Waals surface area (Å²) < 4.78 is 6.02. The van der Waals surface area contributed by atoms with E-state index in [1.54, 1.807) is 11.8 Å². The number of nitrogens with zero attached hydrogens (tertiary/aromatic N) is 1. The number of anilines is 1. The molecular formula is C17H24N2OS. The standard InChI is InChI=1S/C17H24N2OS/c1-4-17(5-2)11-13(9-10-20-17)19-15-7-6-8-16(21-3)14(15)12-18/h6-8,13,19H,4-5,9-11H2,1-3H3. The molecule has 3 nitrogen and oxygen atoms in total. The Bertz CT molecular complexity index is 520. The van der Waals surface area contributed by atoms with Crippen LogP contribution in [-0.2, 0) is 4.74 Å². The average molecular weight is 304 g/mol. The van der Waals surface area contributed by atoms with Crippen molar-refractivity contribution in [3.8, 4) is 6.07 Å². The molecule has 1 aliphatic heterocycles. The van der Waals surface area contributed by atoms with Gasteiger partial charge in [0.1, 0.15) is 6.07 Å². The second-order valence-electron chi connectivity index (χ2n) is 5.57. The van der Waals surface area contributed by atoms with Crippen molar-refractivity contribution < 1.29 is 4.74 Å². The summed E-state index contributed by atoms with van der Waals surface area (Å²) in [6.45, 7) is 5.19. The molecule has 0 aliphatic carbocycles. The van der Waals surface area contributed by atoms with E-state index in [2.05, 4.69) is 25.2 Å². The van der Waals surface area contributed by atoms with E-state index >= 15 is 0 Å². The molecule has 4 heteroatoms. The summed E-state index contributed by atoms with van der Waals surface area (Å²) >= 11 is 1.62. The first-order chi connectivity index (χ1) is 10.2. The number of nitrogens with one attached hydrogen (secondary N) is 1. The SMILES string of the molecule is CCC1(CC)CC(Nc2cccc(SC)c2C#N)CCO1. The summed E-state index contributed by atoms with van der Waals surface area (Å²) in [4.78, 5) is 1.03. The zero-order chi connectivity index (χ0) is 15.3. The highest BCUT2D eigenvalue weighted by molar-refractivity contribution is 7.98. The van der Waals surface area contributed by atoms with Crippen molar-refractivity contribution in [3.05, 3.63) is 23.8 Å². The monoisotopic (exact) mass is 304 g/mol. The Morgan fingerprint density at radius 1 is 1.43 bits per heavy atom. The maximum absolute atomic E-state index is 9.43. The van der Waals surface area contributed by atoms with Crippen molar-refractivity contribution in [2.24, 2.45) is 0 Å². The molecular weight excluding hydrogens is 280 g/mol. The van der Waals surface area contributed by atoms with Crippen molar-refractivity contribution in [1.29, 1.82) is 5.26 Å². The van der Waals surface area contributed by atoms with E-state index in [0.29, 0.717) is 6.04 Å². The maximum Gasteiger partial charge on any atom is 0.102 e. The summed E-state index contributed by atoms with van der Waals surface area (Å²) in [7, 11) is 0. The summed E-state index contributed by atoms with van der Waals surface area (Å²) in [6.07, 6.45) is 6.09. The molecule has 0 amide bonds. The Labute approximate surface area is 132 Å². The molecule has 0 spiro atoms. The lowest BCUT2D eigenvalue weighted by molar-refractivity contribution is -0.0864. The minimum absolute atomic E-state index is 0.000159. The third-order valence-corrected chi connectivity index (χ3v) is 5.28. The number of thioether (sulfide) groups is 1. The van der Waals surface area contributed by atoms with Crippen LogP contribution < -0.4 is 5.32 Å². The van der Waals surface area contributed by atoms with Crippen LogP contribution in [0.2, 0.25) is 0 Å². The number of benzene rings is 1. The Morgan fingerprint density at radius 3 is 2.81 bits per heavy atom. The van der Waals surface area contributed by atoms with E-state index in [9.17, 15) is 5.26 Å². The molecule has 1 aliphatic rings. The largest absolute Gasteiger partial charge is 0.381 e. The molecule has 114 valence electrons. The fourth-order valence-electron chi connectivity index (χ4n) is 3.05. The van der Waals surface area contributed by atoms with Crippen LogP contribution in [0.1, 0.15) is 45.1 Å². The molecule has 0 radical (unpaired) electrons. The third-order valence-electron chi connectivity index (χ3n) is 4.50. The molecule has 1 fully saturated rings. The van der Waals surface area contributed by atoms with E-state index in [-0.39, 0.29) is 5.60 Å². The minimum atomic E-state index is -0.000159. The highest BCUT2D eigenvalue weighted by atomic mass is 32.2. The molecule has 1 atom stereocenters. The first kappa shape index (κ1) is 16.2. The lowest BCUT2D eigenvalue weighted by Gasteiger charge is -2.40. The minimum Gasteiger partial charge on any atom is -0.381 e. The van der Waals surface area contributed by atoms with Crippen LogP contribution >= 0.6 is 11.8 Å². The summed E-state index contributed by atoms with van der Waals surface area (Å²) in [5.41, 5.74) is 1.72. The van der Waals surface area contributed by atoms with Gasteiger partial charge >= 0.3 is 0 Å². The van der Waals surface area contributed by atoms with Crippen LogP contribution in [0.15, 0.2) is 23.1 Å². The quantitative estimate of drug-likeness (QED) is 0.817. The van der Waals surface area contributed by atoms with Crippen molar-refractivity contribution in [1.82, 2.24) is 0 Å². The van der Waals surface area contributed by atoms with Crippen molar-refractivity contribution >= 4 is 17.4 Å². The number of hydrogen-bond acceptors (Lipinski definition) is 4. The molecule has 0 bridgehead atoms. The topological polar surface area (TPSA) is 45.0 Å². The van der Waals surface area contributed by atoms with E-state index in [0.717, 1.165) is 48.4 Å². The average Bonchev–Trinajstić information content (AvgIpc) is 2.54. The first-order valence-corrected chi connectivity index (χ1v) is 8.88. The fourth-order valence-corrected chi connectivity index (χ4v) is 3.62. The summed E-state index contributed by atoms with van der Waals surface area (Å²) in [5, 5.41) is 13.0. The molecule has 1 unspecified atom stereocenters. The van der Waals surface area contributed by atoms with Crippen molar-refractivity contribution in [3.63, 3.8) is 0 Å². The summed E-state index contributed by atoms with van der Waals surface area (Å²) in [5.74, 6) is 0. The Balaban J connectivity index is 2.17. The zero-order valence-electron chi connectivity index (χ0n) is 13.1. The Kier molecular flexibility index (Phi) is 5.55. The molecule has 1 saturated heterocycles. The van der Waals surface area contributed by atoms with Crippen LogP contribution in [0.3, 0.4) is 0 Å². The lowest BCUT2D eigenvalue weighted by Crippen LogP contribution is -2.43. The predicted octanol–water partition coefficient (Wildman–Crippen LogP) is 4.43. The molecule has 2 rings (SSSR count). The first-order valence-electron chi connectivity index (χ1n) is 7.65. The van der Waals surface area contributed by atoms with Gasteiger partial charge in [-0.15, -0.1) is 11.8 Å². The van der Waals surface area contributed by atoms with Crippen LogP contribution in [0.5, 0.6) is 0 Å². The highest BCUT2D eigenvalue weighted by Crippen LogP contribution is 2.34. The molecule has 1 aromatic rings. The lowest BCUT2D eigenvalue weighted by atomic mass is 9.86. The van der Waals surface area contributed by atoms with E-state index < -0.39 is 0 Å². The Morgan fingerprint density at radius 2 is 2.19 bits per heavy atom.